The lowest BCUT2D eigenvalue weighted by Gasteiger charge is -2.22. The largest absolute Gasteiger partial charge is 0.490 e. The van der Waals surface area contributed by atoms with Crippen LogP contribution in [0.5, 0.6) is 0 Å². The van der Waals surface area contributed by atoms with E-state index < -0.39 is 12.1 Å². The van der Waals surface area contributed by atoms with Crippen molar-refractivity contribution in [3.63, 3.8) is 0 Å². The smallest absolute Gasteiger partial charge is 0.475 e. The van der Waals surface area contributed by atoms with Gasteiger partial charge in [0.15, 0.2) is 0 Å². The topological polar surface area (TPSA) is 78.6 Å². The number of hydrogen-bond acceptors (Lipinski definition) is 4. The highest BCUT2D eigenvalue weighted by Gasteiger charge is 2.38. The number of aliphatic carboxylic acids is 1. The van der Waals surface area contributed by atoms with Gasteiger partial charge in [0.05, 0.1) is 23.7 Å². The molecule has 0 saturated carbocycles. The van der Waals surface area contributed by atoms with Gasteiger partial charge in [-0.25, -0.2) is 9.48 Å². The monoisotopic (exact) mass is 461 g/mol. The lowest BCUT2D eigenvalue weighted by Crippen LogP contribution is -2.31. The normalized spacial score (nSPS) is 16.3. The fraction of sp³-hybridized carbons (Fsp3) is 0.333. The molecule has 1 aromatic heterocycles. The van der Waals surface area contributed by atoms with E-state index in [4.69, 9.17) is 9.90 Å². The number of aliphatic hydroxyl groups is 1. The number of likely N-dealkylation sites (tertiary alicyclic amines) is 1. The molecule has 1 aliphatic heterocycles. The molecule has 0 spiro atoms. The molecular weight excluding hydrogens is 435 g/mol. The number of halogens is 3. The number of nitrogens with zero attached hydrogens (tertiary/aromatic N) is 3. The van der Waals surface area contributed by atoms with Gasteiger partial charge in [0.1, 0.15) is 0 Å². The van der Waals surface area contributed by atoms with Crippen LogP contribution < -0.4 is 0 Å². The second-order valence-corrected chi connectivity index (χ2v) is 7.87. The molecule has 6 nitrogen and oxygen atoms in total. The number of carbonyl (C=O) groups is 1. The predicted octanol–water partition coefficient (Wildman–Crippen LogP) is 4.44. The number of aryl methyl sites for hydroxylation is 1. The molecule has 0 unspecified atom stereocenters. The van der Waals surface area contributed by atoms with Crippen molar-refractivity contribution in [2.75, 3.05) is 13.2 Å². The number of carboxylic acids is 1. The van der Waals surface area contributed by atoms with E-state index in [9.17, 15) is 18.3 Å². The summed E-state index contributed by atoms with van der Waals surface area (Å²) in [6.07, 6.45) is -2.82. The molecule has 2 N–H and O–H groups in total. The Bertz CT molecular complexity index is 1070. The molecule has 0 amide bonds. The Morgan fingerprint density at radius 1 is 1.12 bits per heavy atom. The Labute approximate surface area is 189 Å². The SMILES string of the molecule is Cc1cc(-c2cccc(CN3CCC[C@H]3CO)c2)n(-c2ccccc2)n1.O=C(O)C(F)(F)F. The highest BCUT2D eigenvalue weighted by atomic mass is 19.4. The van der Waals surface area contributed by atoms with Gasteiger partial charge < -0.3 is 10.2 Å². The van der Waals surface area contributed by atoms with Crippen LogP contribution in [-0.4, -0.2) is 56.2 Å². The average molecular weight is 461 g/mol. The number of carboxylic acid groups (broad SMARTS) is 1. The number of aliphatic hydroxyl groups excluding tert-OH is 1. The van der Waals surface area contributed by atoms with Crippen LogP contribution >= 0.6 is 0 Å². The lowest BCUT2D eigenvalue weighted by atomic mass is 10.1. The van der Waals surface area contributed by atoms with Crippen LogP contribution in [0.1, 0.15) is 24.1 Å². The minimum Gasteiger partial charge on any atom is -0.475 e. The van der Waals surface area contributed by atoms with Gasteiger partial charge in [-0.15, -0.1) is 0 Å². The third-order valence-electron chi connectivity index (χ3n) is 5.39. The number of alkyl halides is 3. The summed E-state index contributed by atoms with van der Waals surface area (Å²) in [5.74, 6) is -2.76. The van der Waals surface area contributed by atoms with Crippen molar-refractivity contribution in [2.24, 2.45) is 0 Å². The van der Waals surface area contributed by atoms with Crippen LogP contribution in [0.4, 0.5) is 13.2 Å². The molecule has 0 bridgehead atoms. The van der Waals surface area contributed by atoms with Crippen LogP contribution in [0.15, 0.2) is 60.7 Å². The standard InChI is InChI=1S/C22H25N3O.C2HF3O2/c1-17-13-22(25(23-17)20-9-3-2-4-10-20)19-8-5-7-18(14-19)15-24-12-6-11-21(24)16-26;3-2(4,5)1(6)7/h2-5,7-10,13-14,21,26H,6,11-12,15-16H2,1H3;(H,6,7)/t21-;/m0./s1. The van der Waals surface area contributed by atoms with E-state index in [1.54, 1.807) is 0 Å². The van der Waals surface area contributed by atoms with E-state index in [-0.39, 0.29) is 6.61 Å². The molecule has 1 atom stereocenters. The molecule has 176 valence electrons. The first-order valence-corrected chi connectivity index (χ1v) is 10.6. The quantitative estimate of drug-likeness (QED) is 0.588. The highest BCUT2D eigenvalue weighted by Crippen LogP contribution is 2.26. The highest BCUT2D eigenvalue weighted by molar-refractivity contribution is 5.73. The second kappa shape index (κ2) is 10.6. The molecule has 2 aromatic carbocycles. The van der Waals surface area contributed by atoms with Gasteiger partial charge in [-0.2, -0.15) is 18.3 Å². The molecule has 0 radical (unpaired) electrons. The van der Waals surface area contributed by atoms with Gasteiger partial charge in [0, 0.05) is 18.2 Å². The Balaban J connectivity index is 0.000000383. The average Bonchev–Trinajstić information content (AvgIpc) is 3.40. The van der Waals surface area contributed by atoms with Crippen LogP contribution in [0.3, 0.4) is 0 Å². The summed E-state index contributed by atoms with van der Waals surface area (Å²) in [5, 5.41) is 21.4. The Morgan fingerprint density at radius 3 is 2.45 bits per heavy atom. The minimum atomic E-state index is -5.08. The third kappa shape index (κ3) is 6.43. The van der Waals surface area contributed by atoms with Gasteiger partial charge >= 0.3 is 12.1 Å². The maximum absolute atomic E-state index is 10.6. The number of aromatic nitrogens is 2. The zero-order valence-corrected chi connectivity index (χ0v) is 18.2. The Hall–Kier alpha value is -3.17. The minimum absolute atomic E-state index is 0.250. The number of rotatable bonds is 5. The summed E-state index contributed by atoms with van der Waals surface area (Å²) < 4.78 is 33.8. The first-order chi connectivity index (χ1) is 15.7. The summed E-state index contributed by atoms with van der Waals surface area (Å²) in [4.78, 5) is 11.3. The first kappa shape index (κ1) is 24.5. The maximum Gasteiger partial charge on any atom is 0.490 e. The van der Waals surface area contributed by atoms with E-state index in [0.29, 0.717) is 6.04 Å². The molecule has 1 fully saturated rings. The van der Waals surface area contributed by atoms with E-state index >= 15 is 0 Å². The van der Waals surface area contributed by atoms with Crippen LogP contribution in [-0.2, 0) is 11.3 Å². The van der Waals surface area contributed by atoms with Crippen LogP contribution in [0.2, 0.25) is 0 Å². The van der Waals surface area contributed by atoms with Gasteiger partial charge in [-0.05, 0) is 56.1 Å². The van der Waals surface area contributed by atoms with Crippen molar-refractivity contribution in [3.05, 3.63) is 71.9 Å². The molecule has 4 rings (SSSR count). The molecule has 1 saturated heterocycles. The van der Waals surface area contributed by atoms with Crippen molar-refractivity contribution >= 4 is 5.97 Å². The van der Waals surface area contributed by atoms with Gasteiger partial charge in [-0.3, -0.25) is 4.90 Å². The Kier molecular flexibility index (Phi) is 7.88. The second-order valence-electron chi connectivity index (χ2n) is 7.87. The zero-order chi connectivity index (χ0) is 24.0. The summed E-state index contributed by atoms with van der Waals surface area (Å²) >= 11 is 0. The van der Waals surface area contributed by atoms with Crippen molar-refractivity contribution in [1.29, 1.82) is 0 Å². The fourth-order valence-corrected chi connectivity index (χ4v) is 3.84. The van der Waals surface area contributed by atoms with E-state index in [1.807, 2.05) is 29.8 Å². The van der Waals surface area contributed by atoms with Gasteiger partial charge in [0.2, 0.25) is 0 Å². The molecule has 2 heterocycles. The van der Waals surface area contributed by atoms with Gasteiger partial charge in [-0.1, -0.05) is 36.4 Å². The van der Waals surface area contributed by atoms with E-state index in [0.717, 1.165) is 36.6 Å². The third-order valence-corrected chi connectivity index (χ3v) is 5.39. The van der Waals surface area contributed by atoms with Gasteiger partial charge in [0.25, 0.3) is 0 Å². The molecule has 9 heteroatoms. The summed E-state index contributed by atoms with van der Waals surface area (Å²) in [6.45, 7) is 4.23. The zero-order valence-electron chi connectivity index (χ0n) is 18.2. The molecular formula is C24H26F3N3O3. The fourth-order valence-electron chi connectivity index (χ4n) is 3.84. The number of hydrogen-bond donors (Lipinski definition) is 2. The van der Waals surface area contributed by atoms with E-state index in [1.165, 1.54) is 17.5 Å². The summed E-state index contributed by atoms with van der Waals surface area (Å²) in [6, 6.07) is 21.4. The Morgan fingerprint density at radius 2 is 1.82 bits per heavy atom. The molecule has 3 aromatic rings. The predicted molar refractivity (Wildman–Crippen MR) is 118 cm³/mol. The van der Waals surface area contributed by atoms with Crippen molar-refractivity contribution in [3.8, 4) is 16.9 Å². The van der Waals surface area contributed by atoms with Crippen molar-refractivity contribution < 1.29 is 28.2 Å². The van der Waals surface area contributed by atoms with E-state index in [2.05, 4.69) is 52.5 Å². The lowest BCUT2D eigenvalue weighted by molar-refractivity contribution is -0.192. The van der Waals surface area contributed by atoms with Crippen LogP contribution in [0, 0.1) is 6.92 Å². The number of benzene rings is 2. The molecule has 33 heavy (non-hydrogen) atoms. The maximum atomic E-state index is 10.6. The van der Waals surface area contributed by atoms with Crippen molar-refractivity contribution in [1.82, 2.24) is 14.7 Å². The summed E-state index contributed by atoms with van der Waals surface area (Å²) in [5.41, 5.74) is 5.64. The molecule has 1 aliphatic rings. The number of para-hydroxylation sites is 1. The molecule has 0 aliphatic carbocycles. The van der Waals surface area contributed by atoms with Crippen LogP contribution in [0.25, 0.3) is 16.9 Å². The summed E-state index contributed by atoms with van der Waals surface area (Å²) in [7, 11) is 0. The van der Waals surface area contributed by atoms with Crippen molar-refractivity contribution in [2.45, 2.75) is 38.5 Å². The first-order valence-electron chi connectivity index (χ1n) is 10.6.